The molecule has 2 N–H and O–H groups in total. The highest BCUT2D eigenvalue weighted by Gasteiger charge is 2.23. The first-order chi connectivity index (χ1) is 11.7. The van der Waals surface area contributed by atoms with Crippen LogP contribution in [0.1, 0.15) is 52.5 Å². The number of carbonyl (C=O) groups is 1. The van der Waals surface area contributed by atoms with Gasteiger partial charge in [-0.3, -0.25) is 0 Å². The average molecular weight is 371 g/mol. The minimum atomic E-state index is -0.446. The summed E-state index contributed by atoms with van der Waals surface area (Å²) in [4.78, 5) is 17.1. The van der Waals surface area contributed by atoms with Crippen LogP contribution in [0.2, 0.25) is 0 Å². The summed E-state index contributed by atoms with van der Waals surface area (Å²) < 4.78 is 7.48. The Balaban J connectivity index is 2.26. The van der Waals surface area contributed by atoms with E-state index < -0.39 is 6.03 Å². The normalized spacial score (nSPS) is 20.3. The maximum Gasteiger partial charge on any atom is 0.343 e. The standard InChI is InChI=1S/C17H30N4O3S/c1-11(2)13(10-22)18-15(23)19-16-21(9-12-7-6-8-24-12)20-14(25-16)17(3,4)5/h11-13,22H,6-10H2,1-5H3,(H,18,23)/b19-16-/t12-,13-/m1/s1. The lowest BCUT2D eigenvalue weighted by Gasteiger charge is -2.18. The Labute approximate surface area is 153 Å². The SMILES string of the molecule is CC(C)[C@@H](CO)NC(=O)/N=c1\sc(C(C)(C)C)nn1C[C@H]1CCCO1. The van der Waals surface area contributed by atoms with Crippen LogP contribution in [0.5, 0.6) is 0 Å². The van der Waals surface area contributed by atoms with Crippen LogP contribution in [0.15, 0.2) is 4.99 Å². The smallest absolute Gasteiger partial charge is 0.343 e. The molecule has 1 aromatic rings. The van der Waals surface area contributed by atoms with E-state index in [4.69, 9.17) is 4.74 Å². The fourth-order valence-electron chi connectivity index (χ4n) is 2.50. The molecule has 0 unspecified atom stereocenters. The van der Waals surface area contributed by atoms with E-state index in [9.17, 15) is 9.90 Å². The molecule has 2 amide bonds. The Hall–Kier alpha value is -1.25. The summed E-state index contributed by atoms with van der Waals surface area (Å²) in [6.07, 6.45) is 2.18. The van der Waals surface area contributed by atoms with Crippen LogP contribution in [0, 0.1) is 5.92 Å². The molecular formula is C17H30N4O3S. The van der Waals surface area contributed by atoms with Crippen molar-refractivity contribution < 1.29 is 14.6 Å². The molecule has 25 heavy (non-hydrogen) atoms. The molecule has 8 heteroatoms. The predicted molar refractivity (Wildman–Crippen MR) is 97.6 cm³/mol. The molecule has 1 aliphatic rings. The van der Waals surface area contributed by atoms with E-state index in [2.05, 4.69) is 36.2 Å². The van der Waals surface area contributed by atoms with E-state index >= 15 is 0 Å². The van der Waals surface area contributed by atoms with Gasteiger partial charge in [-0.15, -0.1) is 0 Å². The number of hydrogen-bond donors (Lipinski definition) is 2. The number of ether oxygens (including phenoxy) is 1. The molecule has 0 bridgehead atoms. The van der Waals surface area contributed by atoms with Crippen molar-refractivity contribution in [1.29, 1.82) is 0 Å². The number of hydrogen-bond acceptors (Lipinski definition) is 5. The molecule has 0 saturated carbocycles. The monoisotopic (exact) mass is 370 g/mol. The number of aliphatic hydroxyl groups excluding tert-OH is 1. The number of urea groups is 1. The van der Waals surface area contributed by atoms with E-state index in [-0.39, 0.29) is 30.1 Å². The zero-order valence-corrected chi connectivity index (χ0v) is 16.6. The van der Waals surface area contributed by atoms with Crippen LogP contribution in [0.3, 0.4) is 0 Å². The second-order valence-corrected chi connectivity index (χ2v) is 8.81. The topological polar surface area (TPSA) is 88.7 Å². The maximum atomic E-state index is 12.3. The van der Waals surface area contributed by atoms with Gasteiger partial charge in [0.25, 0.3) is 0 Å². The summed E-state index contributed by atoms with van der Waals surface area (Å²) in [5.41, 5.74) is -0.112. The van der Waals surface area contributed by atoms with Gasteiger partial charge in [0.2, 0.25) is 4.80 Å². The summed E-state index contributed by atoms with van der Waals surface area (Å²) in [6.45, 7) is 11.4. The third-order valence-corrected chi connectivity index (χ3v) is 5.54. The number of nitrogens with zero attached hydrogens (tertiary/aromatic N) is 3. The summed E-state index contributed by atoms with van der Waals surface area (Å²) in [5, 5.41) is 17.7. The van der Waals surface area contributed by atoms with Crippen LogP contribution in [0.25, 0.3) is 0 Å². The van der Waals surface area contributed by atoms with Crippen molar-refractivity contribution in [3.63, 3.8) is 0 Å². The highest BCUT2D eigenvalue weighted by molar-refractivity contribution is 7.09. The molecule has 1 aromatic heterocycles. The van der Waals surface area contributed by atoms with Gasteiger partial charge in [-0.2, -0.15) is 10.1 Å². The molecule has 142 valence electrons. The van der Waals surface area contributed by atoms with Crippen molar-refractivity contribution >= 4 is 17.4 Å². The first kappa shape index (κ1) is 20.1. The van der Waals surface area contributed by atoms with E-state index in [0.29, 0.717) is 11.3 Å². The van der Waals surface area contributed by atoms with Crippen molar-refractivity contribution in [2.45, 2.75) is 71.6 Å². The van der Waals surface area contributed by atoms with Crippen molar-refractivity contribution in [2.75, 3.05) is 13.2 Å². The van der Waals surface area contributed by atoms with Gasteiger partial charge in [-0.1, -0.05) is 46.0 Å². The Morgan fingerprint density at radius 2 is 2.24 bits per heavy atom. The van der Waals surface area contributed by atoms with E-state index in [1.54, 1.807) is 4.68 Å². The summed E-state index contributed by atoms with van der Waals surface area (Å²) in [6, 6.07) is -0.754. The lowest BCUT2D eigenvalue weighted by atomic mass is 9.98. The van der Waals surface area contributed by atoms with Gasteiger partial charge in [0.15, 0.2) is 0 Å². The first-order valence-corrected chi connectivity index (χ1v) is 9.68. The van der Waals surface area contributed by atoms with E-state index in [0.717, 1.165) is 24.5 Å². The van der Waals surface area contributed by atoms with Gasteiger partial charge in [0.1, 0.15) is 5.01 Å². The fraction of sp³-hybridized carbons (Fsp3) is 0.824. The second-order valence-electron chi connectivity index (χ2n) is 7.85. The Bertz CT molecular complexity index is 639. The summed E-state index contributed by atoms with van der Waals surface area (Å²) >= 11 is 1.43. The number of nitrogens with one attached hydrogen (secondary N) is 1. The molecule has 2 atom stereocenters. The zero-order chi connectivity index (χ0) is 18.6. The molecular weight excluding hydrogens is 340 g/mol. The van der Waals surface area contributed by atoms with Gasteiger partial charge in [0.05, 0.1) is 25.3 Å². The number of carbonyl (C=O) groups excluding carboxylic acids is 1. The van der Waals surface area contributed by atoms with Gasteiger partial charge in [-0.25, -0.2) is 9.48 Å². The van der Waals surface area contributed by atoms with Crippen LogP contribution < -0.4 is 10.1 Å². The molecule has 1 saturated heterocycles. The predicted octanol–water partition coefficient (Wildman–Crippen LogP) is 2.05. The van der Waals surface area contributed by atoms with Crippen LogP contribution in [-0.2, 0) is 16.7 Å². The van der Waals surface area contributed by atoms with Crippen molar-refractivity contribution in [3.8, 4) is 0 Å². The number of aliphatic hydroxyl groups is 1. The first-order valence-electron chi connectivity index (χ1n) is 8.87. The highest BCUT2D eigenvalue weighted by atomic mass is 32.1. The largest absolute Gasteiger partial charge is 0.394 e. The Morgan fingerprint density at radius 3 is 2.76 bits per heavy atom. The van der Waals surface area contributed by atoms with Gasteiger partial charge >= 0.3 is 6.03 Å². The second kappa shape index (κ2) is 8.42. The summed E-state index contributed by atoms with van der Waals surface area (Å²) in [7, 11) is 0. The van der Waals surface area contributed by atoms with Gasteiger partial charge in [0, 0.05) is 12.0 Å². The van der Waals surface area contributed by atoms with E-state index in [1.807, 2.05) is 13.8 Å². The highest BCUT2D eigenvalue weighted by Crippen LogP contribution is 2.22. The fourth-order valence-corrected chi connectivity index (χ4v) is 3.46. The zero-order valence-electron chi connectivity index (χ0n) is 15.8. The molecule has 7 nitrogen and oxygen atoms in total. The van der Waals surface area contributed by atoms with Crippen LogP contribution in [0.4, 0.5) is 4.79 Å². The van der Waals surface area contributed by atoms with E-state index in [1.165, 1.54) is 11.3 Å². The van der Waals surface area contributed by atoms with Gasteiger partial charge in [-0.05, 0) is 18.8 Å². The molecule has 2 heterocycles. The molecule has 0 aliphatic carbocycles. The Kier molecular flexibility index (Phi) is 6.76. The third-order valence-electron chi connectivity index (χ3n) is 4.17. The molecule has 0 radical (unpaired) electrons. The molecule has 2 rings (SSSR count). The third kappa shape index (κ3) is 5.62. The minimum absolute atomic E-state index is 0.106. The Morgan fingerprint density at radius 1 is 1.52 bits per heavy atom. The lowest BCUT2D eigenvalue weighted by Crippen LogP contribution is -2.40. The number of rotatable bonds is 5. The van der Waals surface area contributed by atoms with Crippen LogP contribution in [-0.4, -0.2) is 46.3 Å². The number of aromatic nitrogens is 2. The summed E-state index contributed by atoms with van der Waals surface area (Å²) in [5.74, 6) is 0.134. The molecule has 0 aromatic carbocycles. The molecule has 1 fully saturated rings. The van der Waals surface area contributed by atoms with Crippen molar-refractivity contribution in [3.05, 3.63) is 9.81 Å². The van der Waals surface area contributed by atoms with Gasteiger partial charge < -0.3 is 15.2 Å². The average Bonchev–Trinajstić information content (AvgIpc) is 3.15. The van der Waals surface area contributed by atoms with Crippen LogP contribution >= 0.6 is 11.3 Å². The van der Waals surface area contributed by atoms with Crippen molar-refractivity contribution in [1.82, 2.24) is 15.1 Å². The number of amides is 2. The molecule has 1 aliphatic heterocycles. The quantitative estimate of drug-likeness (QED) is 0.830. The maximum absolute atomic E-state index is 12.3. The molecule has 0 spiro atoms. The van der Waals surface area contributed by atoms with Crippen molar-refractivity contribution in [2.24, 2.45) is 10.9 Å². The lowest BCUT2D eigenvalue weighted by molar-refractivity contribution is 0.0928. The minimum Gasteiger partial charge on any atom is -0.394 e.